The van der Waals surface area contributed by atoms with Crippen molar-refractivity contribution in [1.82, 2.24) is 14.9 Å². The highest BCUT2D eigenvalue weighted by molar-refractivity contribution is 6.31. The van der Waals surface area contributed by atoms with Gasteiger partial charge in [0.25, 0.3) is 0 Å². The number of hydrogen-bond acceptors (Lipinski definition) is 4. The van der Waals surface area contributed by atoms with Crippen molar-refractivity contribution in [3.63, 3.8) is 0 Å². The van der Waals surface area contributed by atoms with Crippen molar-refractivity contribution in [2.45, 2.75) is 24.8 Å². The van der Waals surface area contributed by atoms with Crippen LogP contribution >= 0.6 is 11.6 Å². The summed E-state index contributed by atoms with van der Waals surface area (Å²) in [7, 11) is 6.32. The van der Waals surface area contributed by atoms with Crippen LogP contribution in [0.15, 0.2) is 12.4 Å². The Morgan fingerprint density at radius 3 is 2.35 bits per heavy atom. The van der Waals surface area contributed by atoms with Crippen LogP contribution in [0.25, 0.3) is 0 Å². The first-order valence-corrected chi connectivity index (χ1v) is 6.28. The molecular formula is C12H19ClN4. The maximum absolute atomic E-state index is 6.06. The molecule has 0 spiro atoms. The topological polar surface area (TPSA) is 32.3 Å². The van der Waals surface area contributed by atoms with Crippen molar-refractivity contribution in [1.29, 1.82) is 0 Å². The van der Waals surface area contributed by atoms with E-state index in [9.17, 15) is 0 Å². The van der Waals surface area contributed by atoms with Crippen molar-refractivity contribution in [2.24, 2.45) is 0 Å². The summed E-state index contributed by atoms with van der Waals surface area (Å²) in [5.74, 6) is 0.766. The summed E-state index contributed by atoms with van der Waals surface area (Å²) in [6.45, 7) is 0.943. The summed E-state index contributed by atoms with van der Waals surface area (Å²) in [6, 6.07) is 0. The Morgan fingerprint density at radius 2 is 1.88 bits per heavy atom. The highest BCUT2D eigenvalue weighted by Gasteiger charge is 2.40. The number of aromatic nitrogens is 2. The molecule has 1 heterocycles. The first kappa shape index (κ1) is 12.6. The molecule has 1 saturated carbocycles. The van der Waals surface area contributed by atoms with E-state index in [1.807, 2.05) is 7.05 Å². The van der Waals surface area contributed by atoms with Crippen molar-refractivity contribution in [3.05, 3.63) is 17.5 Å². The van der Waals surface area contributed by atoms with E-state index in [0.717, 1.165) is 12.4 Å². The van der Waals surface area contributed by atoms with Gasteiger partial charge in [0.05, 0.1) is 0 Å². The minimum absolute atomic E-state index is 0.273. The molecule has 1 aliphatic rings. The largest absolute Gasteiger partial charge is 0.355 e. The second kappa shape index (κ2) is 4.78. The highest BCUT2D eigenvalue weighted by Crippen LogP contribution is 2.37. The molecule has 0 amide bonds. The third-order valence-corrected chi connectivity index (χ3v) is 4.03. The van der Waals surface area contributed by atoms with Gasteiger partial charge in [-0.05, 0) is 33.4 Å². The second-order valence-corrected chi connectivity index (χ2v) is 5.36. The summed E-state index contributed by atoms with van der Waals surface area (Å²) in [6.07, 6.45) is 7.08. The normalized spacial score (nSPS) is 17.9. The van der Waals surface area contributed by atoms with Gasteiger partial charge in [0.15, 0.2) is 11.0 Å². The van der Waals surface area contributed by atoms with Crippen LogP contribution in [0.4, 0.5) is 5.82 Å². The van der Waals surface area contributed by atoms with E-state index in [1.165, 1.54) is 19.3 Å². The zero-order valence-corrected chi connectivity index (χ0v) is 11.4. The first-order valence-electron chi connectivity index (χ1n) is 5.90. The number of halogens is 1. The van der Waals surface area contributed by atoms with Crippen molar-refractivity contribution in [3.8, 4) is 0 Å². The minimum atomic E-state index is 0.273. The molecule has 0 unspecified atom stereocenters. The summed E-state index contributed by atoms with van der Waals surface area (Å²) in [4.78, 5) is 12.8. The fourth-order valence-electron chi connectivity index (χ4n) is 2.42. The Labute approximate surface area is 108 Å². The summed E-state index contributed by atoms with van der Waals surface area (Å²) < 4.78 is 0. The number of nitrogens with zero attached hydrogens (tertiary/aromatic N) is 4. The minimum Gasteiger partial charge on any atom is -0.355 e. The van der Waals surface area contributed by atoms with Crippen LogP contribution in [0.5, 0.6) is 0 Å². The molecule has 94 valence electrons. The van der Waals surface area contributed by atoms with Crippen LogP contribution < -0.4 is 4.90 Å². The van der Waals surface area contributed by atoms with E-state index in [1.54, 1.807) is 12.4 Å². The van der Waals surface area contributed by atoms with Gasteiger partial charge >= 0.3 is 0 Å². The second-order valence-electron chi connectivity index (χ2n) is 5.00. The predicted molar refractivity (Wildman–Crippen MR) is 70.6 cm³/mol. The van der Waals surface area contributed by atoms with Crippen molar-refractivity contribution < 1.29 is 0 Å². The van der Waals surface area contributed by atoms with Gasteiger partial charge in [-0.25, -0.2) is 9.97 Å². The van der Waals surface area contributed by atoms with Crippen LogP contribution in [-0.2, 0) is 0 Å². The summed E-state index contributed by atoms with van der Waals surface area (Å²) in [5, 5.41) is 0.475. The van der Waals surface area contributed by atoms with Crippen LogP contribution in [-0.4, -0.2) is 48.1 Å². The van der Waals surface area contributed by atoms with E-state index in [4.69, 9.17) is 11.6 Å². The molecule has 1 aromatic heterocycles. The SMILES string of the molecule is CN(CC1(N(C)C)CCC1)c1nccnc1Cl. The van der Waals surface area contributed by atoms with Crippen molar-refractivity contribution in [2.75, 3.05) is 32.6 Å². The highest BCUT2D eigenvalue weighted by atomic mass is 35.5. The van der Waals surface area contributed by atoms with Gasteiger partial charge in [0.2, 0.25) is 0 Å². The summed E-state index contributed by atoms with van der Waals surface area (Å²) in [5.41, 5.74) is 0.273. The Hall–Kier alpha value is -0.870. The number of hydrogen-bond donors (Lipinski definition) is 0. The third-order valence-electron chi connectivity index (χ3n) is 3.76. The molecule has 0 radical (unpaired) electrons. The molecular weight excluding hydrogens is 236 g/mol. The standard InChI is InChI=1S/C12H19ClN4/c1-16(2)12(5-4-6-12)9-17(3)11-10(13)14-7-8-15-11/h7-8H,4-6,9H2,1-3H3. The lowest BCUT2D eigenvalue weighted by molar-refractivity contribution is 0.0682. The van der Waals surface area contributed by atoms with Gasteiger partial charge in [-0.1, -0.05) is 11.6 Å². The lowest BCUT2D eigenvalue weighted by Gasteiger charge is -2.49. The molecule has 0 saturated heterocycles. The van der Waals surface area contributed by atoms with Crippen molar-refractivity contribution >= 4 is 17.4 Å². The molecule has 5 heteroatoms. The van der Waals surface area contributed by atoms with Crippen LogP contribution in [0, 0.1) is 0 Å². The zero-order chi connectivity index (χ0) is 12.5. The number of likely N-dealkylation sites (N-methyl/N-ethyl adjacent to an activating group) is 2. The maximum atomic E-state index is 6.06. The van der Waals surface area contributed by atoms with Gasteiger partial charge < -0.3 is 9.80 Å². The Kier molecular flexibility index (Phi) is 3.54. The van der Waals surface area contributed by atoms with Crippen LogP contribution in [0.3, 0.4) is 0 Å². The Morgan fingerprint density at radius 1 is 1.24 bits per heavy atom. The number of rotatable bonds is 4. The molecule has 0 N–H and O–H groups in total. The smallest absolute Gasteiger partial charge is 0.171 e. The molecule has 0 aliphatic heterocycles. The monoisotopic (exact) mass is 254 g/mol. The molecule has 1 fully saturated rings. The Bertz CT molecular complexity index is 390. The molecule has 0 aromatic carbocycles. The quantitative estimate of drug-likeness (QED) is 0.823. The lowest BCUT2D eigenvalue weighted by atomic mass is 9.75. The van der Waals surface area contributed by atoms with E-state index in [2.05, 4.69) is 33.9 Å². The first-order chi connectivity index (χ1) is 8.05. The molecule has 17 heavy (non-hydrogen) atoms. The summed E-state index contributed by atoms with van der Waals surface area (Å²) >= 11 is 6.06. The van der Waals surface area contributed by atoms with Crippen LogP contribution in [0.2, 0.25) is 5.15 Å². The van der Waals surface area contributed by atoms with Gasteiger partial charge in [0, 0.05) is 31.5 Å². The van der Waals surface area contributed by atoms with Gasteiger partial charge in [0.1, 0.15) is 0 Å². The molecule has 2 rings (SSSR count). The Balaban J connectivity index is 2.11. The fourth-order valence-corrected chi connectivity index (χ4v) is 2.67. The van der Waals surface area contributed by atoms with E-state index in [-0.39, 0.29) is 5.54 Å². The molecule has 1 aromatic rings. The third kappa shape index (κ3) is 2.38. The molecule has 0 bridgehead atoms. The average Bonchev–Trinajstić information content (AvgIpc) is 2.23. The molecule has 4 nitrogen and oxygen atoms in total. The average molecular weight is 255 g/mol. The van der Waals surface area contributed by atoms with E-state index in [0.29, 0.717) is 5.15 Å². The van der Waals surface area contributed by atoms with E-state index < -0.39 is 0 Å². The van der Waals surface area contributed by atoms with Crippen LogP contribution in [0.1, 0.15) is 19.3 Å². The lowest BCUT2D eigenvalue weighted by Crippen LogP contribution is -2.56. The van der Waals surface area contributed by atoms with E-state index >= 15 is 0 Å². The van der Waals surface area contributed by atoms with Gasteiger partial charge in [-0.2, -0.15) is 0 Å². The number of anilines is 1. The van der Waals surface area contributed by atoms with Gasteiger partial charge in [-0.3, -0.25) is 0 Å². The zero-order valence-electron chi connectivity index (χ0n) is 10.6. The molecule has 0 atom stereocenters. The maximum Gasteiger partial charge on any atom is 0.171 e. The predicted octanol–water partition coefficient (Wildman–Crippen LogP) is 2.05. The van der Waals surface area contributed by atoms with Gasteiger partial charge in [-0.15, -0.1) is 0 Å². The molecule has 1 aliphatic carbocycles. The fraction of sp³-hybridized carbons (Fsp3) is 0.667.